The lowest BCUT2D eigenvalue weighted by Gasteiger charge is -2.28. The fraction of sp³-hybridized carbons (Fsp3) is 0.571. The summed E-state index contributed by atoms with van der Waals surface area (Å²) in [7, 11) is 0. The second-order valence-electron chi connectivity index (χ2n) is 5.60. The van der Waals surface area contributed by atoms with Gasteiger partial charge in [-0.15, -0.1) is 0 Å². The number of hydrogen-bond donors (Lipinski definition) is 1. The first-order chi connectivity index (χ1) is 9.77. The summed E-state index contributed by atoms with van der Waals surface area (Å²) in [6.45, 7) is 2.11. The third-order valence-corrected chi connectivity index (χ3v) is 3.82. The van der Waals surface area contributed by atoms with E-state index in [1.54, 1.807) is 0 Å². The van der Waals surface area contributed by atoms with Crippen molar-refractivity contribution in [2.24, 2.45) is 5.92 Å². The predicted molar refractivity (Wildman–Crippen MR) is 73.1 cm³/mol. The van der Waals surface area contributed by atoms with Gasteiger partial charge in [0.25, 0.3) is 5.69 Å². The predicted octanol–water partition coefficient (Wildman–Crippen LogP) is 4.60. The van der Waals surface area contributed by atoms with Crippen LogP contribution in [0.15, 0.2) is 18.2 Å². The van der Waals surface area contributed by atoms with E-state index in [4.69, 9.17) is 0 Å². The van der Waals surface area contributed by atoms with Crippen molar-refractivity contribution in [2.75, 3.05) is 5.32 Å². The second-order valence-corrected chi connectivity index (χ2v) is 5.60. The molecule has 1 aliphatic carbocycles. The Kier molecular flexibility index (Phi) is 4.39. The first-order valence-corrected chi connectivity index (χ1v) is 6.89. The van der Waals surface area contributed by atoms with Gasteiger partial charge in [-0.25, -0.2) is 0 Å². The van der Waals surface area contributed by atoms with Gasteiger partial charge in [-0.2, -0.15) is 13.2 Å². The summed E-state index contributed by atoms with van der Waals surface area (Å²) in [6.07, 6.45) is -0.691. The number of nitro groups is 1. The van der Waals surface area contributed by atoms with Crippen molar-refractivity contribution in [2.45, 2.75) is 44.8 Å². The first-order valence-electron chi connectivity index (χ1n) is 6.89. The molecule has 0 aromatic heterocycles. The van der Waals surface area contributed by atoms with Gasteiger partial charge in [0.05, 0.1) is 10.5 Å². The van der Waals surface area contributed by atoms with Crippen molar-refractivity contribution in [1.82, 2.24) is 0 Å². The molecule has 1 N–H and O–H groups in total. The Morgan fingerprint density at radius 1 is 1.33 bits per heavy atom. The van der Waals surface area contributed by atoms with Crippen molar-refractivity contribution in [3.63, 3.8) is 0 Å². The Bertz CT molecular complexity index is 531. The molecule has 2 atom stereocenters. The smallest absolute Gasteiger partial charge is 0.377 e. The molecule has 1 fully saturated rings. The fourth-order valence-electron chi connectivity index (χ4n) is 2.77. The van der Waals surface area contributed by atoms with E-state index in [-0.39, 0.29) is 11.7 Å². The van der Waals surface area contributed by atoms with E-state index in [0.29, 0.717) is 12.0 Å². The Morgan fingerprint density at radius 2 is 2.05 bits per heavy atom. The number of rotatable bonds is 3. The summed E-state index contributed by atoms with van der Waals surface area (Å²) in [5.41, 5.74) is -1.37. The lowest BCUT2D eigenvalue weighted by atomic mass is 9.87. The van der Waals surface area contributed by atoms with Crippen molar-refractivity contribution >= 4 is 11.4 Å². The molecule has 0 heterocycles. The van der Waals surface area contributed by atoms with Crippen LogP contribution in [-0.4, -0.2) is 11.0 Å². The Morgan fingerprint density at radius 3 is 2.62 bits per heavy atom. The van der Waals surface area contributed by atoms with Gasteiger partial charge >= 0.3 is 6.18 Å². The van der Waals surface area contributed by atoms with Crippen LogP contribution in [0.5, 0.6) is 0 Å². The van der Waals surface area contributed by atoms with E-state index in [9.17, 15) is 23.3 Å². The van der Waals surface area contributed by atoms with E-state index in [1.165, 1.54) is 0 Å². The zero-order valence-electron chi connectivity index (χ0n) is 11.6. The highest BCUT2D eigenvalue weighted by atomic mass is 19.4. The van der Waals surface area contributed by atoms with Crippen LogP contribution in [0.1, 0.15) is 38.2 Å². The number of hydrogen-bond acceptors (Lipinski definition) is 3. The van der Waals surface area contributed by atoms with Crippen LogP contribution in [0.25, 0.3) is 0 Å². The molecule has 7 heteroatoms. The van der Waals surface area contributed by atoms with Crippen molar-refractivity contribution in [3.8, 4) is 0 Å². The fourth-order valence-corrected chi connectivity index (χ4v) is 2.77. The molecule has 0 radical (unpaired) electrons. The monoisotopic (exact) mass is 302 g/mol. The zero-order valence-corrected chi connectivity index (χ0v) is 11.6. The molecule has 0 spiro atoms. The number of benzene rings is 1. The van der Waals surface area contributed by atoms with Gasteiger partial charge in [-0.05, 0) is 30.9 Å². The number of nitro benzene ring substituents is 1. The van der Waals surface area contributed by atoms with Crippen LogP contribution in [-0.2, 0) is 6.18 Å². The maximum Gasteiger partial charge on any atom is 0.416 e. The lowest BCUT2D eigenvalue weighted by Crippen LogP contribution is -2.26. The average Bonchev–Trinajstić information content (AvgIpc) is 2.37. The Labute approximate surface area is 120 Å². The molecule has 0 aliphatic heterocycles. The van der Waals surface area contributed by atoms with Gasteiger partial charge < -0.3 is 5.32 Å². The minimum Gasteiger partial charge on any atom is -0.377 e. The van der Waals surface area contributed by atoms with E-state index in [2.05, 4.69) is 12.2 Å². The van der Waals surface area contributed by atoms with Crippen LogP contribution < -0.4 is 5.32 Å². The minimum atomic E-state index is -4.58. The third-order valence-electron chi connectivity index (χ3n) is 3.82. The molecule has 1 saturated carbocycles. The normalized spacial score (nSPS) is 22.9. The summed E-state index contributed by atoms with van der Waals surface area (Å²) in [4.78, 5) is 10.2. The van der Waals surface area contributed by atoms with Gasteiger partial charge in [0.15, 0.2) is 0 Å². The highest BCUT2D eigenvalue weighted by molar-refractivity contribution is 5.63. The van der Waals surface area contributed by atoms with Gasteiger partial charge in [-0.1, -0.05) is 19.8 Å². The van der Waals surface area contributed by atoms with Crippen LogP contribution in [0.3, 0.4) is 0 Å². The van der Waals surface area contributed by atoms with Gasteiger partial charge in [0, 0.05) is 12.1 Å². The summed E-state index contributed by atoms with van der Waals surface area (Å²) in [5, 5.41) is 14.0. The standard InChI is InChI=1S/C14H17F3N2O2/c1-9-3-2-4-11(7-9)18-12-6-5-10(14(15,16)17)8-13(12)19(20)21/h5-6,8-9,11,18H,2-4,7H2,1H3. The second kappa shape index (κ2) is 5.91. The molecule has 1 aromatic rings. The number of anilines is 1. The molecule has 0 saturated heterocycles. The van der Waals surface area contributed by atoms with Gasteiger partial charge in [0.1, 0.15) is 5.69 Å². The molecule has 116 valence electrons. The van der Waals surface area contributed by atoms with Crippen LogP contribution in [0.4, 0.5) is 24.5 Å². The molecule has 2 rings (SSSR count). The van der Waals surface area contributed by atoms with Crippen LogP contribution in [0.2, 0.25) is 0 Å². The number of halogens is 3. The van der Waals surface area contributed by atoms with E-state index in [0.717, 1.165) is 37.8 Å². The Balaban J connectivity index is 2.24. The molecular formula is C14H17F3N2O2. The maximum absolute atomic E-state index is 12.6. The first kappa shape index (κ1) is 15.6. The van der Waals surface area contributed by atoms with Crippen molar-refractivity contribution < 1.29 is 18.1 Å². The quantitative estimate of drug-likeness (QED) is 0.655. The molecule has 1 aromatic carbocycles. The van der Waals surface area contributed by atoms with Crippen LogP contribution in [0, 0.1) is 16.0 Å². The number of nitrogens with one attached hydrogen (secondary N) is 1. The van der Waals surface area contributed by atoms with E-state index < -0.39 is 22.4 Å². The Hall–Kier alpha value is -1.79. The number of nitrogens with zero attached hydrogens (tertiary/aromatic N) is 1. The average molecular weight is 302 g/mol. The largest absolute Gasteiger partial charge is 0.416 e. The summed E-state index contributed by atoms with van der Waals surface area (Å²) >= 11 is 0. The highest BCUT2D eigenvalue weighted by Crippen LogP contribution is 2.36. The number of alkyl halides is 3. The molecule has 0 bridgehead atoms. The molecule has 1 aliphatic rings. The molecular weight excluding hydrogens is 285 g/mol. The van der Waals surface area contributed by atoms with E-state index >= 15 is 0 Å². The zero-order chi connectivity index (χ0) is 15.6. The summed E-state index contributed by atoms with van der Waals surface area (Å²) < 4.78 is 37.9. The minimum absolute atomic E-state index is 0.0733. The molecule has 0 amide bonds. The third kappa shape index (κ3) is 3.86. The SMILES string of the molecule is CC1CCCC(Nc2ccc(C(F)(F)F)cc2[N+](=O)[O-])C1. The van der Waals surface area contributed by atoms with Gasteiger partial charge in [0.2, 0.25) is 0 Å². The molecule has 4 nitrogen and oxygen atoms in total. The van der Waals surface area contributed by atoms with E-state index in [1.807, 2.05) is 0 Å². The molecule has 2 unspecified atom stereocenters. The topological polar surface area (TPSA) is 55.2 Å². The van der Waals surface area contributed by atoms with Crippen molar-refractivity contribution in [3.05, 3.63) is 33.9 Å². The summed E-state index contributed by atoms with van der Waals surface area (Å²) in [5.74, 6) is 0.518. The lowest BCUT2D eigenvalue weighted by molar-refractivity contribution is -0.384. The van der Waals surface area contributed by atoms with Gasteiger partial charge in [-0.3, -0.25) is 10.1 Å². The molecule has 21 heavy (non-hydrogen) atoms. The van der Waals surface area contributed by atoms with Crippen molar-refractivity contribution in [1.29, 1.82) is 0 Å². The summed E-state index contributed by atoms with van der Waals surface area (Å²) in [6, 6.07) is 2.69. The van der Waals surface area contributed by atoms with Crippen LogP contribution >= 0.6 is 0 Å². The highest BCUT2D eigenvalue weighted by Gasteiger charge is 2.33. The maximum atomic E-state index is 12.6.